The summed E-state index contributed by atoms with van der Waals surface area (Å²) in [5, 5.41) is 11.6. The van der Waals surface area contributed by atoms with Crippen LogP contribution in [0.2, 0.25) is 0 Å². The summed E-state index contributed by atoms with van der Waals surface area (Å²) in [6.45, 7) is 2.41. The molecule has 1 N–H and O–H groups in total. The van der Waals surface area contributed by atoms with Crippen molar-refractivity contribution in [2.24, 2.45) is 23.7 Å². The number of Topliss-reactive ketones (excluding diaryl/α,β-unsaturated/α-hetero) is 1. The SMILES string of the molecule is O=C1C(c2ccccc2)=CC(=O)[C@@]2(c3ccccc3)[C@@H](c3cc(Br)ccc3O)C3=CC[C@@H]4C(=O)N(C5CCN(Cc6ccccc6)CC5)C(=O)[C@@H]4[C@@H]3C[C@@H]12. The molecule has 0 radical (unpaired) electrons. The Labute approximate surface area is 323 Å². The highest BCUT2D eigenvalue weighted by Crippen LogP contribution is 2.64. The first-order chi connectivity index (χ1) is 26.3. The molecule has 7 nitrogen and oxygen atoms in total. The Bertz CT molecular complexity index is 2210. The number of aromatic hydroxyl groups is 1. The molecule has 0 aromatic heterocycles. The van der Waals surface area contributed by atoms with Gasteiger partial charge in [0.15, 0.2) is 11.6 Å². The maximum absolute atomic E-state index is 15.2. The molecule has 4 aromatic carbocycles. The van der Waals surface area contributed by atoms with Crippen LogP contribution in [0.15, 0.2) is 131 Å². The number of hydrogen-bond donors (Lipinski definition) is 1. The lowest BCUT2D eigenvalue weighted by molar-refractivity contribution is -0.144. The molecule has 54 heavy (non-hydrogen) atoms. The summed E-state index contributed by atoms with van der Waals surface area (Å²) >= 11 is 3.61. The third-order valence-corrected chi connectivity index (χ3v) is 13.4. The smallest absolute Gasteiger partial charge is 0.233 e. The van der Waals surface area contributed by atoms with E-state index in [0.29, 0.717) is 41.5 Å². The van der Waals surface area contributed by atoms with Gasteiger partial charge < -0.3 is 5.11 Å². The van der Waals surface area contributed by atoms with Crippen LogP contribution in [-0.2, 0) is 31.1 Å². The number of benzene rings is 4. The van der Waals surface area contributed by atoms with Gasteiger partial charge in [0.1, 0.15) is 5.75 Å². The van der Waals surface area contributed by atoms with Crippen molar-refractivity contribution < 1.29 is 24.3 Å². The Hall–Kier alpha value is -4.92. The van der Waals surface area contributed by atoms with Crippen LogP contribution in [0.25, 0.3) is 5.57 Å². The number of carbonyl (C=O) groups excluding carboxylic acids is 4. The molecule has 0 unspecified atom stereocenters. The van der Waals surface area contributed by atoms with E-state index < -0.39 is 35.0 Å². The second-order valence-electron chi connectivity index (χ2n) is 15.5. The van der Waals surface area contributed by atoms with E-state index in [-0.39, 0.29) is 41.6 Å². The lowest BCUT2D eigenvalue weighted by Crippen LogP contribution is -2.59. The largest absolute Gasteiger partial charge is 0.508 e. The second kappa shape index (κ2) is 13.7. The number of likely N-dealkylation sites (tertiary alicyclic amines) is 2. The van der Waals surface area contributed by atoms with Gasteiger partial charge in [-0.05, 0) is 72.6 Å². The van der Waals surface area contributed by atoms with Crippen LogP contribution in [-0.4, -0.2) is 57.4 Å². The van der Waals surface area contributed by atoms with Gasteiger partial charge in [-0.15, -0.1) is 0 Å². The Morgan fingerprint density at radius 2 is 1.44 bits per heavy atom. The van der Waals surface area contributed by atoms with Crippen molar-refractivity contribution in [3.8, 4) is 5.75 Å². The maximum atomic E-state index is 15.2. The summed E-state index contributed by atoms with van der Waals surface area (Å²) in [6.07, 6.45) is 5.58. The Morgan fingerprint density at radius 3 is 2.15 bits per heavy atom. The zero-order valence-electron chi connectivity index (χ0n) is 29.8. The van der Waals surface area contributed by atoms with Gasteiger partial charge in [0, 0.05) is 53.1 Å². The topological polar surface area (TPSA) is 95.0 Å². The van der Waals surface area contributed by atoms with E-state index in [1.165, 1.54) is 11.6 Å². The zero-order valence-corrected chi connectivity index (χ0v) is 31.4. The number of phenolic OH excluding ortho intramolecular Hbond substituents is 1. The fraction of sp³-hybridized carbons (Fsp3) is 0.304. The molecule has 5 aliphatic rings. The Kier molecular flexibility index (Phi) is 8.86. The van der Waals surface area contributed by atoms with Crippen molar-refractivity contribution in [2.75, 3.05) is 13.1 Å². The Balaban J connectivity index is 1.13. The molecular weight excluding hydrogens is 740 g/mol. The molecule has 8 heteroatoms. The number of fused-ring (bicyclic) bond motifs is 4. The minimum atomic E-state index is -1.39. The number of allylic oxidation sites excluding steroid dienone is 4. The van der Waals surface area contributed by atoms with Gasteiger partial charge in [0.05, 0.1) is 17.3 Å². The minimum absolute atomic E-state index is 0.0109. The summed E-state index contributed by atoms with van der Waals surface area (Å²) in [4.78, 5) is 63.4. The van der Waals surface area contributed by atoms with Crippen molar-refractivity contribution in [3.63, 3.8) is 0 Å². The van der Waals surface area contributed by atoms with Crippen molar-refractivity contribution in [1.82, 2.24) is 9.80 Å². The van der Waals surface area contributed by atoms with Crippen LogP contribution in [0.4, 0.5) is 0 Å². The van der Waals surface area contributed by atoms with Crippen molar-refractivity contribution in [3.05, 3.63) is 154 Å². The monoisotopic (exact) mass is 780 g/mol. The van der Waals surface area contributed by atoms with Crippen LogP contribution in [0.3, 0.4) is 0 Å². The van der Waals surface area contributed by atoms with Gasteiger partial charge in [-0.3, -0.25) is 29.0 Å². The van der Waals surface area contributed by atoms with Crippen molar-refractivity contribution in [2.45, 2.75) is 49.6 Å². The molecule has 0 bridgehead atoms. The number of piperidine rings is 1. The molecule has 3 aliphatic carbocycles. The summed E-state index contributed by atoms with van der Waals surface area (Å²) in [5.41, 5.74) is 2.94. The van der Waals surface area contributed by atoms with Gasteiger partial charge in [-0.2, -0.15) is 0 Å². The molecule has 1 saturated carbocycles. The van der Waals surface area contributed by atoms with Gasteiger partial charge in [-0.25, -0.2) is 0 Å². The molecule has 2 aliphatic heterocycles. The molecule has 2 saturated heterocycles. The number of phenols is 1. The first-order valence-electron chi connectivity index (χ1n) is 19.0. The van der Waals surface area contributed by atoms with Crippen LogP contribution in [0, 0.1) is 23.7 Å². The van der Waals surface area contributed by atoms with E-state index in [1.54, 1.807) is 17.0 Å². The van der Waals surface area contributed by atoms with E-state index in [2.05, 4.69) is 39.0 Å². The number of rotatable bonds is 6. The first kappa shape index (κ1) is 34.8. The number of hydrogen-bond acceptors (Lipinski definition) is 6. The fourth-order valence-corrected chi connectivity index (χ4v) is 10.9. The number of imide groups is 1. The molecule has 0 spiro atoms. The summed E-state index contributed by atoms with van der Waals surface area (Å²) in [7, 11) is 0. The fourth-order valence-electron chi connectivity index (χ4n) is 10.5. The van der Waals surface area contributed by atoms with E-state index in [1.807, 2.05) is 84.9 Å². The van der Waals surface area contributed by atoms with Gasteiger partial charge in [0.2, 0.25) is 11.8 Å². The highest BCUT2D eigenvalue weighted by atomic mass is 79.9. The van der Waals surface area contributed by atoms with E-state index in [0.717, 1.165) is 29.7 Å². The third kappa shape index (κ3) is 5.48. The summed E-state index contributed by atoms with van der Waals surface area (Å²) < 4.78 is 0.721. The minimum Gasteiger partial charge on any atom is -0.508 e. The zero-order chi connectivity index (χ0) is 37.1. The average Bonchev–Trinajstić information content (AvgIpc) is 3.46. The molecule has 9 rings (SSSR count). The van der Waals surface area contributed by atoms with E-state index in [4.69, 9.17) is 0 Å². The van der Waals surface area contributed by atoms with Crippen LogP contribution >= 0.6 is 15.9 Å². The molecule has 6 atom stereocenters. The predicted molar refractivity (Wildman–Crippen MR) is 209 cm³/mol. The number of amides is 2. The molecule has 272 valence electrons. The normalized spacial score (nSPS) is 28.6. The molecule has 3 fully saturated rings. The first-order valence-corrected chi connectivity index (χ1v) is 19.8. The molecular formula is C46H41BrN2O5. The number of nitrogens with zero attached hydrogens (tertiary/aromatic N) is 2. The number of carbonyl (C=O) groups is 4. The highest BCUT2D eigenvalue weighted by molar-refractivity contribution is 9.10. The Morgan fingerprint density at radius 1 is 0.778 bits per heavy atom. The van der Waals surface area contributed by atoms with Crippen LogP contribution in [0.5, 0.6) is 5.75 Å². The number of ketones is 2. The lowest BCUT2D eigenvalue weighted by Gasteiger charge is -2.55. The molecule has 2 amide bonds. The quantitative estimate of drug-likeness (QED) is 0.160. The van der Waals surface area contributed by atoms with Gasteiger partial charge >= 0.3 is 0 Å². The summed E-state index contributed by atoms with van der Waals surface area (Å²) in [5.74, 6) is -3.92. The van der Waals surface area contributed by atoms with E-state index in [9.17, 15) is 14.7 Å². The van der Waals surface area contributed by atoms with Gasteiger partial charge in [-0.1, -0.05) is 119 Å². The molecule has 4 aromatic rings. The van der Waals surface area contributed by atoms with E-state index >= 15 is 9.59 Å². The van der Waals surface area contributed by atoms with Crippen LogP contribution in [0.1, 0.15) is 53.9 Å². The lowest BCUT2D eigenvalue weighted by atomic mass is 9.44. The van der Waals surface area contributed by atoms with Crippen molar-refractivity contribution in [1.29, 1.82) is 0 Å². The summed E-state index contributed by atoms with van der Waals surface area (Å²) in [6, 6.07) is 34.1. The van der Waals surface area contributed by atoms with Crippen molar-refractivity contribution >= 4 is 44.9 Å². The van der Waals surface area contributed by atoms with Crippen LogP contribution < -0.4 is 0 Å². The number of halogens is 1. The maximum Gasteiger partial charge on any atom is 0.233 e. The third-order valence-electron chi connectivity index (χ3n) is 12.9. The highest BCUT2D eigenvalue weighted by Gasteiger charge is 2.66. The predicted octanol–water partition coefficient (Wildman–Crippen LogP) is 7.64. The standard InChI is InChI=1S/C46H41BrN2O5/c47-31-16-19-39(50)37(24-31)42-33-17-18-34-41(45(54)49(44(34)53)32-20-22-48(23-21-32)27-28-10-4-1-5-11-28)36(33)25-38-43(52)35(29-12-6-2-7-13-29)26-40(51)46(38,42)30-14-8-3-9-15-30/h1-17,19,24,26,32,34,36,38,41-42,50H,18,20-23,25,27H2/t34-,36+,38-,41-,42+,46-/m0/s1. The average molecular weight is 782 g/mol. The molecule has 2 heterocycles. The van der Waals surface area contributed by atoms with Gasteiger partial charge in [0.25, 0.3) is 0 Å². The second-order valence-corrected chi connectivity index (χ2v) is 16.4.